The molecule has 0 radical (unpaired) electrons. The lowest BCUT2D eigenvalue weighted by atomic mass is 9.77. The van der Waals surface area contributed by atoms with E-state index in [1.54, 1.807) is 0 Å². The molecule has 1 spiro atoms. The first-order chi connectivity index (χ1) is 9.99. The first-order valence-electron chi connectivity index (χ1n) is 8.47. The van der Waals surface area contributed by atoms with Gasteiger partial charge in [0.1, 0.15) is 0 Å². The van der Waals surface area contributed by atoms with Crippen LogP contribution in [-0.2, 0) is 13.5 Å². The lowest BCUT2D eigenvalue weighted by Gasteiger charge is -2.53. The quantitative estimate of drug-likeness (QED) is 0.927. The molecule has 0 atom stereocenters. The normalized spacial score (nSPS) is 25.3. The third-order valence-electron chi connectivity index (χ3n) is 5.48. The molecule has 0 unspecified atom stereocenters. The average Bonchev–Trinajstić information content (AvgIpc) is 2.87. The molecule has 2 fully saturated rings. The van der Waals surface area contributed by atoms with Crippen LogP contribution < -0.4 is 5.32 Å². The molecule has 3 rings (SSSR count). The van der Waals surface area contributed by atoms with Gasteiger partial charge in [-0.05, 0) is 38.7 Å². The van der Waals surface area contributed by atoms with Gasteiger partial charge in [0.25, 0.3) is 0 Å². The second kappa shape index (κ2) is 5.73. The van der Waals surface area contributed by atoms with Gasteiger partial charge in [-0.3, -0.25) is 9.58 Å². The maximum atomic E-state index is 4.29. The third kappa shape index (κ3) is 3.32. The van der Waals surface area contributed by atoms with Crippen LogP contribution in [0.15, 0.2) is 12.4 Å². The maximum Gasteiger partial charge on any atom is 0.0522 e. The minimum Gasteiger partial charge on any atom is -0.308 e. The zero-order chi connectivity index (χ0) is 14.9. The van der Waals surface area contributed by atoms with Crippen molar-refractivity contribution in [2.24, 2.45) is 7.05 Å². The highest BCUT2D eigenvalue weighted by molar-refractivity contribution is 5.07. The average molecular weight is 290 g/mol. The van der Waals surface area contributed by atoms with E-state index in [4.69, 9.17) is 0 Å². The van der Waals surface area contributed by atoms with Crippen molar-refractivity contribution in [1.29, 1.82) is 0 Å². The smallest absolute Gasteiger partial charge is 0.0522 e. The van der Waals surface area contributed by atoms with Gasteiger partial charge in [-0.15, -0.1) is 0 Å². The number of rotatable bonds is 3. The van der Waals surface area contributed by atoms with Crippen molar-refractivity contribution < 1.29 is 0 Å². The Labute approximate surface area is 128 Å². The zero-order valence-corrected chi connectivity index (χ0v) is 13.9. The molecule has 118 valence electrons. The van der Waals surface area contributed by atoms with Crippen LogP contribution in [0.3, 0.4) is 0 Å². The first-order valence-corrected chi connectivity index (χ1v) is 8.47. The molecular weight excluding hydrogens is 260 g/mol. The second-order valence-electron chi connectivity index (χ2n) is 7.70. The second-order valence-corrected chi connectivity index (χ2v) is 7.70. The Morgan fingerprint density at radius 1 is 1.24 bits per heavy atom. The molecule has 1 aromatic heterocycles. The van der Waals surface area contributed by atoms with E-state index in [1.807, 2.05) is 17.9 Å². The molecule has 1 saturated heterocycles. The SMILES string of the molecule is Cn1cc(CCN2CC3(CCCCC3)NCC2(C)C)cn1. The summed E-state index contributed by atoms with van der Waals surface area (Å²) >= 11 is 0. The van der Waals surface area contributed by atoms with Gasteiger partial charge in [0.2, 0.25) is 0 Å². The van der Waals surface area contributed by atoms with Crippen molar-refractivity contribution in [2.75, 3.05) is 19.6 Å². The van der Waals surface area contributed by atoms with Crippen molar-refractivity contribution in [3.63, 3.8) is 0 Å². The molecular formula is C17H30N4. The van der Waals surface area contributed by atoms with Crippen molar-refractivity contribution in [3.05, 3.63) is 18.0 Å². The molecule has 2 aliphatic rings. The molecule has 0 amide bonds. The summed E-state index contributed by atoms with van der Waals surface area (Å²) in [6.07, 6.45) is 12.2. The molecule has 1 aromatic rings. The predicted molar refractivity (Wildman–Crippen MR) is 86.4 cm³/mol. The number of aryl methyl sites for hydroxylation is 1. The van der Waals surface area contributed by atoms with Gasteiger partial charge in [-0.25, -0.2) is 0 Å². The summed E-state index contributed by atoms with van der Waals surface area (Å²) in [5.41, 5.74) is 2.00. The number of aromatic nitrogens is 2. The van der Waals surface area contributed by atoms with Crippen molar-refractivity contribution in [3.8, 4) is 0 Å². The van der Waals surface area contributed by atoms with Crippen LogP contribution in [0.25, 0.3) is 0 Å². The molecule has 0 bridgehead atoms. The fourth-order valence-electron chi connectivity index (χ4n) is 3.96. The number of nitrogens with one attached hydrogen (secondary N) is 1. The van der Waals surface area contributed by atoms with Gasteiger partial charge >= 0.3 is 0 Å². The molecule has 1 aliphatic carbocycles. The van der Waals surface area contributed by atoms with E-state index in [0.717, 1.165) is 19.5 Å². The van der Waals surface area contributed by atoms with Gasteiger partial charge in [-0.2, -0.15) is 5.10 Å². The molecule has 0 aromatic carbocycles. The standard InChI is InChI=1S/C17H30N4/c1-16(2)13-18-17(8-5-4-6-9-17)14-21(16)10-7-15-11-19-20(3)12-15/h11-12,18H,4-10,13-14H2,1-3H3. The highest BCUT2D eigenvalue weighted by Crippen LogP contribution is 2.34. The molecule has 4 heteroatoms. The van der Waals surface area contributed by atoms with Gasteiger partial charge in [-0.1, -0.05) is 19.3 Å². The topological polar surface area (TPSA) is 33.1 Å². The molecule has 2 heterocycles. The summed E-state index contributed by atoms with van der Waals surface area (Å²) in [5.74, 6) is 0. The Bertz CT molecular complexity index is 471. The van der Waals surface area contributed by atoms with Crippen molar-refractivity contribution in [2.45, 2.75) is 63.5 Å². The van der Waals surface area contributed by atoms with E-state index in [1.165, 1.54) is 44.2 Å². The molecule has 21 heavy (non-hydrogen) atoms. The monoisotopic (exact) mass is 290 g/mol. The van der Waals surface area contributed by atoms with Crippen LogP contribution in [-0.4, -0.2) is 45.4 Å². The van der Waals surface area contributed by atoms with Gasteiger partial charge in [0.05, 0.1) is 6.20 Å². The predicted octanol–water partition coefficient (Wildman–Crippen LogP) is 2.35. The van der Waals surface area contributed by atoms with E-state index in [2.05, 4.69) is 35.4 Å². The molecule has 1 aliphatic heterocycles. The zero-order valence-electron chi connectivity index (χ0n) is 13.9. The number of hydrogen-bond acceptors (Lipinski definition) is 3. The summed E-state index contributed by atoms with van der Waals surface area (Å²) in [7, 11) is 2.00. The Morgan fingerprint density at radius 2 is 2.00 bits per heavy atom. The first kappa shape index (κ1) is 15.0. The van der Waals surface area contributed by atoms with Gasteiger partial charge < -0.3 is 5.32 Å². The lowest BCUT2D eigenvalue weighted by molar-refractivity contribution is 0.0117. The summed E-state index contributed by atoms with van der Waals surface area (Å²) < 4.78 is 1.90. The number of piperazine rings is 1. The van der Waals surface area contributed by atoms with Crippen LogP contribution in [0, 0.1) is 0 Å². The molecule has 1 N–H and O–H groups in total. The number of nitrogens with zero attached hydrogens (tertiary/aromatic N) is 3. The minimum absolute atomic E-state index is 0.255. The summed E-state index contributed by atoms with van der Waals surface area (Å²) in [5, 5.41) is 8.18. The third-order valence-corrected chi connectivity index (χ3v) is 5.48. The highest BCUT2D eigenvalue weighted by atomic mass is 15.3. The maximum absolute atomic E-state index is 4.29. The molecule has 1 saturated carbocycles. The lowest BCUT2D eigenvalue weighted by Crippen LogP contribution is -2.68. The van der Waals surface area contributed by atoms with Crippen molar-refractivity contribution in [1.82, 2.24) is 20.0 Å². The van der Waals surface area contributed by atoms with E-state index in [9.17, 15) is 0 Å². The Hall–Kier alpha value is -0.870. The van der Waals surface area contributed by atoms with Crippen LogP contribution in [0.5, 0.6) is 0 Å². The largest absolute Gasteiger partial charge is 0.308 e. The van der Waals surface area contributed by atoms with Crippen LogP contribution in [0.1, 0.15) is 51.5 Å². The Kier molecular flexibility index (Phi) is 4.10. The van der Waals surface area contributed by atoms with Crippen molar-refractivity contribution >= 4 is 0 Å². The summed E-state index contributed by atoms with van der Waals surface area (Å²) in [4.78, 5) is 2.71. The minimum atomic E-state index is 0.255. The highest BCUT2D eigenvalue weighted by Gasteiger charge is 2.42. The Balaban J connectivity index is 1.65. The van der Waals surface area contributed by atoms with E-state index in [-0.39, 0.29) is 5.54 Å². The van der Waals surface area contributed by atoms with Crippen LogP contribution in [0.4, 0.5) is 0 Å². The van der Waals surface area contributed by atoms with Crippen LogP contribution in [0.2, 0.25) is 0 Å². The summed E-state index contributed by atoms with van der Waals surface area (Å²) in [6.45, 7) is 8.21. The van der Waals surface area contributed by atoms with Gasteiger partial charge in [0.15, 0.2) is 0 Å². The fraction of sp³-hybridized carbons (Fsp3) is 0.824. The molecule has 4 nitrogen and oxygen atoms in total. The fourth-order valence-corrected chi connectivity index (χ4v) is 3.96. The van der Waals surface area contributed by atoms with E-state index in [0.29, 0.717) is 5.54 Å². The summed E-state index contributed by atoms with van der Waals surface area (Å²) in [6, 6.07) is 0. The van der Waals surface area contributed by atoms with E-state index >= 15 is 0 Å². The Morgan fingerprint density at radius 3 is 2.67 bits per heavy atom. The van der Waals surface area contributed by atoms with E-state index < -0.39 is 0 Å². The van der Waals surface area contributed by atoms with Gasteiger partial charge in [0, 0.05) is 44.0 Å². The van der Waals surface area contributed by atoms with Crippen LogP contribution >= 0.6 is 0 Å². The number of hydrogen-bond donors (Lipinski definition) is 1.